The van der Waals surface area contributed by atoms with Crippen molar-refractivity contribution in [1.29, 1.82) is 0 Å². The zero-order valence-electron chi connectivity index (χ0n) is 13.7. The number of aliphatic hydroxyl groups is 1. The molecule has 0 unspecified atom stereocenters. The van der Waals surface area contributed by atoms with E-state index in [0.717, 1.165) is 61.8 Å². The monoisotopic (exact) mass is 292 g/mol. The normalized spacial score (nSPS) is 21.0. The summed E-state index contributed by atoms with van der Waals surface area (Å²) < 4.78 is 0. The smallest absolute Gasteiger partial charge is 0.137 e. The van der Waals surface area contributed by atoms with Crippen molar-refractivity contribution in [2.45, 2.75) is 52.6 Å². The van der Waals surface area contributed by atoms with Gasteiger partial charge in [-0.3, -0.25) is 0 Å². The molecular weight excluding hydrogens is 264 g/mol. The Hall–Kier alpha value is -1.36. The molecule has 0 bridgehead atoms. The van der Waals surface area contributed by atoms with Crippen molar-refractivity contribution in [3.8, 4) is 0 Å². The van der Waals surface area contributed by atoms with Crippen LogP contribution in [0.1, 0.15) is 44.5 Å². The maximum absolute atomic E-state index is 9.43. The van der Waals surface area contributed by atoms with Gasteiger partial charge in [0, 0.05) is 32.1 Å². The summed E-state index contributed by atoms with van der Waals surface area (Å²) in [7, 11) is 2.09. The highest BCUT2D eigenvalue weighted by Crippen LogP contribution is 2.30. The Kier molecular flexibility index (Phi) is 5.39. The van der Waals surface area contributed by atoms with Crippen LogP contribution in [0.5, 0.6) is 0 Å². The fourth-order valence-electron chi connectivity index (χ4n) is 2.82. The van der Waals surface area contributed by atoms with E-state index in [9.17, 15) is 5.11 Å². The van der Waals surface area contributed by atoms with Crippen LogP contribution in [-0.4, -0.2) is 41.3 Å². The molecule has 1 fully saturated rings. The predicted octanol–water partition coefficient (Wildman–Crippen LogP) is 2.38. The lowest BCUT2D eigenvalue weighted by molar-refractivity contribution is 0.0464. The van der Waals surface area contributed by atoms with Crippen LogP contribution >= 0.6 is 0 Å². The predicted molar refractivity (Wildman–Crippen MR) is 86.9 cm³/mol. The van der Waals surface area contributed by atoms with E-state index >= 15 is 0 Å². The third-order valence-electron chi connectivity index (χ3n) is 4.13. The lowest BCUT2D eigenvalue weighted by Crippen LogP contribution is -2.37. The molecule has 0 radical (unpaired) electrons. The maximum Gasteiger partial charge on any atom is 0.137 e. The first-order valence-electron chi connectivity index (χ1n) is 8.05. The van der Waals surface area contributed by atoms with E-state index in [2.05, 4.69) is 43.0 Å². The molecule has 0 aromatic carbocycles. The lowest BCUT2D eigenvalue weighted by atomic mass is 9.82. The molecular formula is C16H28N4O. The van der Waals surface area contributed by atoms with Crippen LogP contribution in [0.2, 0.25) is 0 Å². The Labute approximate surface area is 127 Å². The fraction of sp³-hybridized carbons (Fsp3) is 0.750. The Bertz CT molecular complexity index is 472. The Morgan fingerprint density at radius 2 is 2.00 bits per heavy atom. The number of aryl methyl sites for hydroxylation is 1. The van der Waals surface area contributed by atoms with Gasteiger partial charge in [-0.15, -0.1) is 0 Å². The standard InChI is InChI=1S/C16H28N4O/c1-5-7-17-15-11(3)16(19-14(6-2)18-15)20(4)10-12-8-13(21)9-12/h12-13,21H,5-10H2,1-4H3,(H,17,18,19). The molecule has 1 aromatic heterocycles. The summed E-state index contributed by atoms with van der Waals surface area (Å²) in [5.41, 5.74) is 1.11. The highest BCUT2D eigenvalue weighted by molar-refractivity contribution is 5.58. The second-order valence-electron chi connectivity index (χ2n) is 6.09. The van der Waals surface area contributed by atoms with E-state index in [1.165, 1.54) is 0 Å². The first-order chi connectivity index (χ1) is 10.0. The van der Waals surface area contributed by atoms with Gasteiger partial charge in [0.05, 0.1) is 6.10 Å². The van der Waals surface area contributed by atoms with Crippen LogP contribution in [-0.2, 0) is 6.42 Å². The van der Waals surface area contributed by atoms with Gasteiger partial charge < -0.3 is 15.3 Å². The van der Waals surface area contributed by atoms with Crippen LogP contribution in [0.3, 0.4) is 0 Å². The number of rotatable bonds is 7. The van der Waals surface area contributed by atoms with E-state index < -0.39 is 0 Å². The molecule has 21 heavy (non-hydrogen) atoms. The van der Waals surface area contributed by atoms with Crippen molar-refractivity contribution in [3.63, 3.8) is 0 Å². The van der Waals surface area contributed by atoms with E-state index in [1.54, 1.807) is 0 Å². The van der Waals surface area contributed by atoms with Crippen LogP contribution in [0.25, 0.3) is 0 Å². The molecule has 0 saturated heterocycles. The topological polar surface area (TPSA) is 61.3 Å². The lowest BCUT2D eigenvalue weighted by Gasteiger charge is -2.35. The summed E-state index contributed by atoms with van der Waals surface area (Å²) in [5.74, 6) is 3.44. The quantitative estimate of drug-likeness (QED) is 0.808. The molecule has 2 N–H and O–H groups in total. The number of nitrogens with zero attached hydrogens (tertiary/aromatic N) is 3. The van der Waals surface area contributed by atoms with Gasteiger partial charge in [-0.05, 0) is 32.1 Å². The number of aromatic nitrogens is 2. The minimum Gasteiger partial charge on any atom is -0.393 e. The molecule has 118 valence electrons. The van der Waals surface area contributed by atoms with E-state index in [0.29, 0.717) is 5.92 Å². The molecule has 1 saturated carbocycles. The number of anilines is 2. The SMILES string of the molecule is CCCNc1nc(CC)nc(N(C)CC2CC(O)C2)c1C. The highest BCUT2D eigenvalue weighted by Gasteiger charge is 2.28. The molecule has 5 heteroatoms. The summed E-state index contributed by atoms with van der Waals surface area (Å²) >= 11 is 0. The largest absolute Gasteiger partial charge is 0.393 e. The van der Waals surface area contributed by atoms with Gasteiger partial charge in [-0.2, -0.15) is 0 Å². The molecule has 2 rings (SSSR count). The summed E-state index contributed by atoms with van der Waals surface area (Å²) in [6.45, 7) is 8.20. The average molecular weight is 292 g/mol. The van der Waals surface area contributed by atoms with Gasteiger partial charge >= 0.3 is 0 Å². The Morgan fingerprint density at radius 1 is 1.29 bits per heavy atom. The minimum absolute atomic E-state index is 0.0946. The molecule has 0 aliphatic heterocycles. The van der Waals surface area contributed by atoms with Crippen molar-refractivity contribution in [3.05, 3.63) is 11.4 Å². The third kappa shape index (κ3) is 3.84. The maximum atomic E-state index is 9.43. The summed E-state index contributed by atoms with van der Waals surface area (Å²) in [4.78, 5) is 11.5. The van der Waals surface area contributed by atoms with Crippen LogP contribution in [0.4, 0.5) is 11.6 Å². The molecule has 0 spiro atoms. The van der Waals surface area contributed by atoms with Gasteiger partial charge in [-0.1, -0.05) is 13.8 Å². The molecule has 1 heterocycles. The first kappa shape index (κ1) is 16.0. The van der Waals surface area contributed by atoms with E-state index in [1.807, 2.05) is 0 Å². The van der Waals surface area contributed by atoms with Gasteiger partial charge in [0.25, 0.3) is 0 Å². The van der Waals surface area contributed by atoms with Crippen molar-refractivity contribution in [2.24, 2.45) is 5.92 Å². The summed E-state index contributed by atoms with van der Waals surface area (Å²) in [5, 5.41) is 12.8. The Balaban J connectivity index is 2.15. The Morgan fingerprint density at radius 3 is 2.57 bits per heavy atom. The van der Waals surface area contributed by atoms with Crippen molar-refractivity contribution in [2.75, 3.05) is 30.4 Å². The molecule has 1 aliphatic rings. The summed E-state index contributed by atoms with van der Waals surface area (Å²) in [6.07, 6.45) is 3.65. The van der Waals surface area contributed by atoms with Crippen molar-refractivity contribution >= 4 is 11.6 Å². The zero-order chi connectivity index (χ0) is 15.4. The molecule has 1 aromatic rings. The number of nitrogens with one attached hydrogen (secondary N) is 1. The number of hydrogen-bond donors (Lipinski definition) is 2. The molecule has 5 nitrogen and oxygen atoms in total. The third-order valence-corrected chi connectivity index (χ3v) is 4.13. The number of aliphatic hydroxyl groups excluding tert-OH is 1. The van der Waals surface area contributed by atoms with E-state index in [4.69, 9.17) is 4.98 Å². The first-order valence-corrected chi connectivity index (χ1v) is 8.05. The van der Waals surface area contributed by atoms with Crippen LogP contribution < -0.4 is 10.2 Å². The van der Waals surface area contributed by atoms with Gasteiger partial charge in [0.15, 0.2) is 0 Å². The second-order valence-corrected chi connectivity index (χ2v) is 6.09. The second kappa shape index (κ2) is 7.07. The van der Waals surface area contributed by atoms with Gasteiger partial charge in [0.1, 0.15) is 17.5 Å². The van der Waals surface area contributed by atoms with Crippen molar-refractivity contribution < 1.29 is 5.11 Å². The number of hydrogen-bond acceptors (Lipinski definition) is 5. The minimum atomic E-state index is -0.0946. The van der Waals surface area contributed by atoms with Gasteiger partial charge in [-0.25, -0.2) is 9.97 Å². The molecule has 0 amide bonds. The molecule has 1 aliphatic carbocycles. The molecule has 0 atom stereocenters. The van der Waals surface area contributed by atoms with Gasteiger partial charge in [0.2, 0.25) is 0 Å². The highest BCUT2D eigenvalue weighted by atomic mass is 16.3. The zero-order valence-corrected chi connectivity index (χ0v) is 13.7. The average Bonchev–Trinajstić information content (AvgIpc) is 2.44. The van der Waals surface area contributed by atoms with Crippen molar-refractivity contribution in [1.82, 2.24) is 9.97 Å². The van der Waals surface area contributed by atoms with Crippen LogP contribution in [0, 0.1) is 12.8 Å². The fourth-order valence-corrected chi connectivity index (χ4v) is 2.82. The van der Waals surface area contributed by atoms with E-state index in [-0.39, 0.29) is 6.10 Å². The summed E-state index contributed by atoms with van der Waals surface area (Å²) in [6, 6.07) is 0. The van der Waals surface area contributed by atoms with Crippen LogP contribution in [0.15, 0.2) is 0 Å².